The molecule has 2 aromatic carbocycles. The number of carbonyl (C=O) groups is 3. The van der Waals surface area contributed by atoms with Crippen LogP contribution >= 0.6 is 0 Å². The first-order chi connectivity index (χ1) is 13.9. The summed E-state index contributed by atoms with van der Waals surface area (Å²) in [5.41, 5.74) is 2.62. The number of nitrogens with one attached hydrogen (secondary N) is 3. The van der Waals surface area contributed by atoms with E-state index in [-0.39, 0.29) is 24.3 Å². The molecule has 4 rings (SSSR count). The molecule has 2 atom stereocenters. The van der Waals surface area contributed by atoms with Crippen LogP contribution in [0.1, 0.15) is 35.6 Å². The first kappa shape index (κ1) is 18.7. The maximum Gasteiger partial charge on any atom is 0.254 e. The fourth-order valence-electron chi connectivity index (χ4n) is 3.56. The first-order valence-electron chi connectivity index (χ1n) is 9.35. The number of para-hydroxylation sites is 3. The Balaban J connectivity index is 1.46. The quantitative estimate of drug-likeness (QED) is 0.632. The van der Waals surface area contributed by atoms with Crippen molar-refractivity contribution < 1.29 is 14.4 Å². The van der Waals surface area contributed by atoms with Crippen molar-refractivity contribution in [2.24, 2.45) is 7.05 Å². The SMILES string of the molecule is C[C@H](NC(=O)C[C@H]1NC(=O)c2ccccc2NC1=O)c1nc2ccccc2n1C. The highest BCUT2D eigenvalue weighted by atomic mass is 16.2. The molecule has 148 valence electrons. The van der Waals surface area contributed by atoms with E-state index in [0.29, 0.717) is 17.1 Å². The number of aryl methyl sites for hydroxylation is 1. The minimum absolute atomic E-state index is 0.167. The van der Waals surface area contributed by atoms with E-state index in [1.807, 2.05) is 42.8 Å². The number of amides is 3. The molecule has 2 heterocycles. The van der Waals surface area contributed by atoms with Gasteiger partial charge in [-0.05, 0) is 31.2 Å². The third-order valence-corrected chi connectivity index (χ3v) is 5.03. The highest BCUT2D eigenvalue weighted by Gasteiger charge is 2.30. The van der Waals surface area contributed by atoms with Crippen LogP contribution in [0, 0.1) is 0 Å². The van der Waals surface area contributed by atoms with Gasteiger partial charge in [0.15, 0.2) is 0 Å². The number of imidazole rings is 1. The second-order valence-corrected chi connectivity index (χ2v) is 7.07. The minimum Gasteiger partial charge on any atom is -0.346 e. The summed E-state index contributed by atoms with van der Waals surface area (Å²) in [6.45, 7) is 1.83. The number of anilines is 1. The van der Waals surface area contributed by atoms with Gasteiger partial charge in [0.25, 0.3) is 5.91 Å². The van der Waals surface area contributed by atoms with Crippen molar-refractivity contribution in [1.29, 1.82) is 0 Å². The van der Waals surface area contributed by atoms with Gasteiger partial charge in [0.1, 0.15) is 11.9 Å². The number of fused-ring (bicyclic) bond motifs is 2. The van der Waals surface area contributed by atoms with Crippen LogP contribution in [0.25, 0.3) is 11.0 Å². The third-order valence-electron chi connectivity index (χ3n) is 5.03. The molecule has 3 amide bonds. The van der Waals surface area contributed by atoms with Gasteiger partial charge in [0.05, 0.1) is 34.7 Å². The summed E-state index contributed by atoms with van der Waals surface area (Å²) in [4.78, 5) is 42.0. The molecule has 8 nitrogen and oxygen atoms in total. The molecule has 0 unspecified atom stereocenters. The van der Waals surface area contributed by atoms with Crippen LogP contribution in [0.2, 0.25) is 0 Å². The maximum absolute atomic E-state index is 12.6. The maximum atomic E-state index is 12.6. The zero-order valence-corrected chi connectivity index (χ0v) is 16.1. The van der Waals surface area contributed by atoms with Crippen molar-refractivity contribution in [2.75, 3.05) is 5.32 Å². The van der Waals surface area contributed by atoms with Crippen molar-refractivity contribution in [2.45, 2.75) is 25.4 Å². The molecule has 29 heavy (non-hydrogen) atoms. The summed E-state index contributed by atoms with van der Waals surface area (Å²) in [6.07, 6.45) is -0.167. The number of aromatic nitrogens is 2. The molecule has 3 N–H and O–H groups in total. The van der Waals surface area contributed by atoms with Gasteiger partial charge in [0, 0.05) is 7.05 Å². The van der Waals surface area contributed by atoms with Crippen LogP contribution in [0.5, 0.6) is 0 Å². The van der Waals surface area contributed by atoms with Crippen molar-refractivity contribution >= 4 is 34.4 Å². The standard InChI is InChI=1S/C21H21N5O3/c1-12(19-23-15-9-5-6-10-17(15)26(19)2)22-18(27)11-16-21(29)24-14-8-4-3-7-13(14)20(28)25-16/h3-10,12,16H,11H2,1-2H3,(H,22,27)(H,24,29)(H,25,28)/t12-,16+/m0/s1. The molecule has 1 aliphatic heterocycles. The lowest BCUT2D eigenvalue weighted by molar-refractivity contribution is -0.126. The highest BCUT2D eigenvalue weighted by molar-refractivity contribution is 6.10. The van der Waals surface area contributed by atoms with Gasteiger partial charge in [-0.2, -0.15) is 0 Å². The Kier molecular flexibility index (Phi) is 4.75. The number of benzene rings is 2. The lowest BCUT2D eigenvalue weighted by Crippen LogP contribution is -2.45. The fourth-order valence-corrected chi connectivity index (χ4v) is 3.56. The van der Waals surface area contributed by atoms with Crippen LogP contribution in [0.3, 0.4) is 0 Å². The van der Waals surface area contributed by atoms with E-state index >= 15 is 0 Å². The van der Waals surface area contributed by atoms with E-state index in [9.17, 15) is 14.4 Å². The molecule has 0 spiro atoms. The zero-order chi connectivity index (χ0) is 20.5. The number of carbonyl (C=O) groups excluding carboxylic acids is 3. The smallest absolute Gasteiger partial charge is 0.254 e. The predicted molar refractivity (Wildman–Crippen MR) is 108 cm³/mol. The van der Waals surface area contributed by atoms with Gasteiger partial charge < -0.3 is 20.5 Å². The molecule has 0 saturated heterocycles. The van der Waals surface area contributed by atoms with E-state index in [1.165, 1.54) is 0 Å². The fraction of sp³-hybridized carbons (Fsp3) is 0.238. The van der Waals surface area contributed by atoms with E-state index in [4.69, 9.17) is 0 Å². The molecule has 1 aliphatic rings. The first-order valence-corrected chi connectivity index (χ1v) is 9.35. The summed E-state index contributed by atoms with van der Waals surface area (Å²) in [5.74, 6) is -0.453. The molecule has 0 bridgehead atoms. The summed E-state index contributed by atoms with van der Waals surface area (Å²) < 4.78 is 1.93. The van der Waals surface area contributed by atoms with E-state index < -0.39 is 11.9 Å². The average molecular weight is 391 g/mol. The van der Waals surface area contributed by atoms with Crippen LogP contribution in [0.15, 0.2) is 48.5 Å². The summed E-state index contributed by atoms with van der Waals surface area (Å²) >= 11 is 0. The van der Waals surface area contributed by atoms with Crippen molar-refractivity contribution in [1.82, 2.24) is 20.2 Å². The largest absolute Gasteiger partial charge is 0.346 e. The van der Waals surface area contributed by atoms with Crippen LogP contribution < -0.4 is 16.0 Å². The van der Waals surface area contributed by atoms with Crippen LogP contribution in [-0.2, 0) is 16.6 Å². The van der Waals surface area contributed by atoms with Crippen LogP contribution in [0.4, 0.5) is 5.69 Å². The van der Waals surface area contributed by atoms with Crippen molar-refractivity contribution in [3.05, 3.63) is 59.9 Å². The van der Waals surface area contributed by atoms with Gasteiger partial charge in [0.2, 0.25) is 11.8 Å². The summed E-state index contributed by atoms with van der Waals surface area (Å²) in [6, 6.07) is 13.1. The predicted octanol–water partition coefficient (Wildman–Crippen LogP) is 1.89. The Morgan fingerprint density at radius 3 is 2.69 bits per heavy atom. The zero-order valence-electron chi connectivity index (χ0n) is 16.1. The van der Waals surface area contributed by atoms with Gasteiger partial charge in [-0.15, -0.1) is 0 Å². The van der Waals surface area contributed by atoms with Gasteiger partial charge >= 0.3 is 0 Å². The second-order valence-electron chi connectivity index (χ2n) is 7.07. The molecule has 8 heteroatoms. The topological polar surface area (TPSA) is 105 Å². The average Bonchev–Trinajstić information content (AvgIpc) is 2.98. The lowest BCUT2D eigenvalue weighted by atomic mass is 10.1. The van der Waals surface area contributed by atoms with Gasteiger partial charge in [-0.3, -0.25) is 14.4 Å². The van der Waals surface area contributed by atoms with E-state index in [2.05, 4.69) is 20.9 Å². The van der Waals surface area contributed by atoms with Crippen molar-refractivity contribution in [3.63, 3.8) is 0 Å². The van der Waals surface area contributed by atoms with E-state index in [0.717, 1.165) is 11.0 Å². The summed E-state index contributed by atoms with van der Waals surface area (Å²) in [5, 5.41) is 8.20. The highest BCUT2D eigenvalue weighted by Crippen LogP contribution is 2.21. The lowest BCUT2D eigenvalue weighted by Gasteiger charge is -2.17. The monoisotopic (exact) mass is 391 g/mol. The molecule has 0 saturated carbocycles. The molecule has 0 aliphatic carbocycles. The van der Waals surface area contributed by atoms with Gasteiger partial charge in [-0.1, -0.05) is 24.3 Å². The van der Waals surface area contributed by atoms with Crippen LogP contribution in [-0.4, -0.2) is 33.3 Å². The number of nitrogens with zero attached hydrogens (tertiary/aromatic N) is 2. The summed E-state index contributed by atoms with van der Waals surface area (Å²) in [7, 11) is 1.89. The molecule has 0 radical (unpaired) electrons. The second kappa shape index (κ2) is 7.38. The normalized spacial score (nSPS) is 17.1. The molecular weight excluding hydrogens is 370 g/mol. The Morgan fingerprint density at radius 2 is 1.90 bits per heavy atom. The Morgan fingerprint density at radius 1 is 1.17 bits per heavy atom. The van der Waals surface area contributed by atoms with Gasteiger partial charge in [-0.25, -0.2) is 4.98 Å². The number of rotatable bonds is 4. The molecule has 0 fully saturated rings. The Bertz CT molecular complexity index is 1120. The minimum atomic E-state index is -0.956. The van der Waals surface area contributed by atoms with E-state index in [1.54, 1.807) is 24.3 Å². The molecule has 1 aromatic heterocycles. The third kappa shape index (κ3) is 3.56. The molecule has 3 aromatic rings. The number of hydrogen-bond donors (Lipinski definition) is 3. The molecular formula is C21H21N5O3. The number of hydrogen-bond acceptors (Lipinski definition) is 4. The Hall–Kier alpha value is -3.68. The Labute approximate surface area is 167 Å². The van der Waals surface area contributed by atoms with Crippen molar-refractivity contribution in [3.8, 4) is 0 Å².